The zero-order valence-electron chi connectivity index (χ0n) is 15.2. The van der Waals surface area contributed by atoms with Crippen molar-refractivity contribution in [1.29, 1.82) is 0 Å². The van der Waals surface area contributed by atoms with Gasteiger partial charge in [-0.15, -0.1) is 0 Å². The Bertz CT molecular complexity index is 560. The molecule has 0 radical (unpaired) electrons. The number of carbonyl (C=O) groups is 2. The maximum Gasteiger partial charge on any atom is 0.408 e. The smallest absolute Gasteiger partial charge is 0.408 e. The molecular weight excluding hydrogens is 359 g/mol. The summed E-state index contributed by atoms with van der Waals surface area (Å²) in [5.41, 5.74) is -0.783. The zero-order chi connectivity index (χ0) is 20.4. The number of alkyl carbamates (subject to hydrolysis) is 1. The Kier molecular flexibility index (Phi) is 6.48. The molecule has 0 aliphatic heterocycles. The Morgan fingerprint density at radius 3 is 2.12 bits per heavy atom. The highest BCUT2D eigenvalue weighted by molar-refractivity contribution is 5.85. The number of alkyl halides is 3. The lowest BCUT2D eigenvalue weighted by atomic mass is 10.0. The molecule has 1 aliphatic rings. The SMILES string of the molecule is CC(C)[C@@H](NC(=O)OC(C)(C)C)C(=O)NC[C@@H]1[C@H]([N+](=O)[O-])[C@H]1C(F)(F)F. The standard InChI is InChI=1S/C15H24F3N3O5/c1-7(2)10(20-13(23)26-14(3,4)5)12(22)19-6-8-9(15(16,17)18)11(8)21(24)25/h7-11H,6H2,1-5H3,(H,19,22)(H,20,23)/t8-,9-,10+,11-/m0/s1. The highest BCUT2D eigenvalue weighted by atomic mass is 19.4. The molecule has 0 spiro atoms. The third-order valence-corrected chi connectivity index (χ3v) is 3.88. The summed E-state index contributed by atoms with van der Waals surface area (Å²) >= 11 is 0. The quantitative estimate of drug-likeness (QED) is 0.539. The summed E-state index contributed by atoms with van der Waals surface area (Å²) in [5, 5.41) is 15.3. The minimum absolute atomic E-state index is 0.369. The summed E-state index contributed by atoms with van der Waals surface area (Å²) in [6.07, 6.45) is -5.53. The van der Waals surface area contributed by atoms with Gasteiger partial charge in [-0.05, 0) is 26.7 Å². The van der Waals surface area contributed by atoms with E-state index in [-0.39, 0.29) is 5.92 Å². The van der Waals surface area contributed by atoms with Gasteiger partial charge < -0.3 is 15.4 Å². The molecule has 1 aliphatic carbocycles. The van der Waals surface area contributed by atoms with E-state index in [2.05, 4.69) is 10.6 Å². The largest absolute Gasteiger partial charge is 0.444 e. The third-order valence-electron chi connectivity index (χ3n) is 3.88. The molecule has 8 nitrogen and oxygen atoms in total. The van der Waals surface area contributed by atoms with Crippen LogP contribution in [0.15, 0.2) is 0 Å². The minimum atomic E-state index is -4.70. The van der Waals surface area contributed by atoms with E-state index in [1.165, 1.54) is 0 Å². The molecule has 26 heavy (non-hydrogen) atoms. The normalized spacial score (nSPS) is 24.0. The number of ether oxygens (including phenoxy) is 1. The van der Waals surface area contributed by atoms with E-state index in [0.29, 0.717) is 0 Å². The van der Waals surface area contributed by atoms with Crippen molar-refractivity contribution in [1.82, 2.24) is 10.6 Å². The Morgan fingerprint density at radius 2 is 1.77 bits per heavy atom. The third kappa shape index (κ3) is 6.03. The number of nitrogens with one attached hydrogen (secondary N) is 2. The lowest BCUT2D eigenvalue weighted by Gasteiger charge is -2.25. The van der Waals surface area contributed by atoms with Crippen LogP contribution in [0.25, 0.3) is 0 Å². The van der Waals surface area contributed by atoms with Gasteiger partial charge in [0.1, 0.15) is 17.6 Å². The summed E-state index contributed by atoms with van der Waals surface area (Å²) in [4.78, 5) is 33.8. The zero-order valence-corrected chi connectivity index (χ0v) is 15.2. The van der Waals surface area contributed by atoms with E-state index >= 15 is 0 Å². The summed E-state index contributed by atoms with van der Waals surface area (Å²) in [6, 6.07) is -2.80. The first-order valence-corrected chi connectivity index (χ1v) is 8.12. The molecule has 0 aromatic heterocycles. The average molecular weight is 383 g/mol. The van der Waals surface area contributed by atoms with Crippen LogP contribution in [0.3, 0.4) is 0 Å². The number of halogens is 3. The molecule has 0 aromatic rings. The summed E-state index contributed by atoms with van der Waals surface area (Å²) in [6.45, 7) is 7.69. The van der Waals surface area contributed by atoms with Gasteiger partial charge in [0.15, 0.2) is 0 Å². The van der Waals surface area contributed by atoms with Gasteiger partial charge in [-0.2, -0.15) is 13.2 Å². The number of rotatable bonds is 6. The van der Waals surface area contributed by atoms with E-state index in [9.17, 15) is 32.9 Å². The second-order valence-corrected chi connectivity index (χ2v) is 7.62. The molecule has 0 unspecified atom stereocenters. The molecule has 0 bridgehead atoms. The van der Waals surface area contributed by atoms with Crippen molar-refractivity contribution in [3.8, 4) is 0 Å². The number of amides is 2. The first-order chi connectivity index (χ1) is 11.6. The molecule has 1 saturated carbocycles. The monoisotopic (exact) mass is 383 g/mol. The van der Waals surface area contributed by atoms with Crippen LogP contribution in [0, 0.1) is 27.9 Å². The number of nitro groups is 1. The van der Waals surface area contributed by atoms with Gasteiger partial charge in [0, 0.05) is 11.5 Å². The number of hydrogen-bond donors (Lipinski definition) is 2. The maximum atomic E-state index is 12.8. The molecule has 1 fully saturated rings. The van der Waals surface area contributed by atoms with Crippen molar-refractivity contribution in [3.05, 3.63) is 10.1 Å². The van der Waals surface area contributed by atoms with Crippen molar-refractivity contribution >= 4 is 12.0 Å². The Hall–Kier alpha value is -2.07. The average Bonchev–Trinajstić information content (AvgIpc) is 3.14. The molecule has 11 heteroatoms. The van der Waals surface area contributed by atoms with Gasteiger partial charge >= 0.3 is 12.3 Å². The minimum Gasteiger partial charge on any atom is -0.444 e. The Morgan fingerprint density at radius 1 is 1.23 bits per heavy atom. The molecule has 4 atom stereocenters. The highest BCUT2D eigenvalue weighted by Crippen LogP contribution is 2.51. The van der Waals surface area contributed by atoms with Gasteiger partial charge in [0.2, 0.25) is 11.9 Å². The number of nitrogens with zero attached hydrogens (tertiary/aromatic N) is 1. The molecule has 0 heterocycles. The first kappa shape index (κ1) is 22.0. The van der Waals surface area contributed by atoms with Gasteiger partial charge in [-0.1, -0.05) is 13.8 Å². The fourth-order valence-electron chi connectivity index (χ4n) is 2.63. The fraction of sp³-hybridized carbons (Fsp3) is 0.867. The predicted octanol–water partition coefficient (Wildman–Crippen LogP) is 2.11. The second-order valence-electron chi connectivity index (χ2n) is 7.62. The summed E-state index contributed by atoms with van der Waals surface area (Å²) in [5.74, 6) is -4.48. The van der Waals surface area contributed by atoms with Gasteiger partial charge in [-0.25, -0.2) is 4.79 Å². The molecule has 0 aromatic carbocycles. The van der Waals surface area contributed by atoms with Crippen molar-refractivity contribution in [2.45, 2.75) is 58.5 Å². The Labute approximate surface area is 149 Å². The molecule has 2 N–H and O–H groups in total. The lowest BCUT2D eigenvalue weighted by molar-refractivity contribution is -0.505. The van der Waals surface area contributed by atoms with Gasteiger partial charge in [0.25, 0.3) is 0 Å². The molecule has 150 valence electrons. The van der Waals surface area contributed by atoms with Crippen LogP contribution < -0.4 is 10.6 Å². The van der Waals surface area contributed by atoms with E-state index in [1.807, 2.05) is 0 Å². The lowest BCUT2D eigenvalue weighted by Crippen LogP contribution is -2.51. The fourth-order valence-corrected chi connectivity index (χ4v) is 2.63. The first-order valence-electron chi connectivity index (χ1n) is 8.12. The van der Waals surface area contributed by atoms with Crippen LogP contribution in [0.5, 0.6) is 0 Å². The van der Waals surface area contributed by atoms with E-state index in [4.69, 9.17) is 4.74 Å². The second kappa shape index (κ2) is 7.67. The van der Waals surface area contributed by atoms with Crippen LogP contribution in [0.2, 0.25) is 0 Å². The van der Waals surface area contributed by atoms with Crippen molar-refractivity contribution in [2.24, 2.45) is 17.8 Å². The van der Waals surface area contributed by atoms with Crippen LogP contribution in [-0.4, -0.2) is 47.3 Å². The van der Waals surface area contributed by atoms with Crippen LogP contribution in [0.4, 0.5) is 18.0 Å². The topological polar surface area (TPSA) is 111 Å². The van der Waals surface area contributed by atoms with Gasteiger partial charge in [0.05, 0.1) is 5.92 Å². The Balaban J connectivity index is 2.66. The van der Waals surface area contributed by atoms with Gasteiger partial charge in [-0.3, -0.25) is 14.9 Å². The highest BCUT2D eigenvalue weighted by Gasteiger charge is 2.72. The molecule has 1 rings (SSSR count). The summed E-state index contributed by atoms with van der Waals surface area (Å²) in [7, 11) is 0. The molecule has 2 amide bonds. The molecular formula is C15H24F3N3O5. The van der Waals surface area contributed by atoms with E-state index < -0.39 is 59.2 Å². The van der Waals surface area contributed by atoms with Crippen molar-refractivity contribution in [2.75, 3.05) is 6.54 Å². The van der Waals surface area contributed by atoms with Crippen molar-refractivity contribution in [3.63, 3.8) is 0 Å². The number of carbonyl (C=O) groups excluding carboxylic acids is 2. The van der Waals surface area contributed by atoms with E-state index in [1.54, 1.807) is 34.6 Å². The maximum absolute atomic E-state index is 12.8. The summed E-state index contributed by atoms with van der Waals surface area (Å²) < 4.78 is 43.3. The van der Waals surface area contributed by atoms with Crippen molar-refractivity contribution < 1.29 is 32.4 Å². The molecule has 0 saturated heterocycles. The van der Waals surface area contributed by atoms with Crippen LogP contribution >= 0.6 is 0 Å². The predicted molar refractivity (Wildman–Crippen MR) is 84.8 cm³/mol. The number of hydrogen-bond acceptors (Lipinski definition) is 5. The van der Waals surface area contributed by atoms with E-state index in [0.717, 1.165) is 0 Å². The van der Waals surface area contributed by atoms with Crippen LogP contribution in [-0.2, 0) is 9.53 Å². The van der Waals surface area contributed by atoms with Crippen LogP contribution in [0.1, 0.15) is 34.6 Å².